The topological polar surface area (TPSA) is 24.5 Å². The van der Waals surface area contributed by atoms with Crippen LogP contribution in [-0.4, -0.2) is 55.7 Å². The van der Waals surface area contributed by atoms with Gasteiger partial charge in [-0.1, -0.05) is 6.92 Å². The van der Waals surface area contributed by atoms with Crippen LogP contribution in [0.4, 0.5) is 0 Å². The maximum Gasteiger partial charge on any atom is 0.0826 e. The molecule has 2 unspecified atom stereocenters. The summed E-state index contributed by atoms with van der Waals surface area (Å²) in [5, 5.41) is 3.74. The number of hydrogen-bond acceptors (Lipinski definition) is 3. The Morgan fingerprint density at radius 2 is 2.38 bits per heavy atom. The Hall–Kier alpha value is 0.170. The monoisotopic (exact) mass is 248 g/mol. The molecule has 0 saturated carbocycles. The highest BCUT2D eigenvalue weighted by Crippen LogP contribution is 2.04. The molecule has 96 valence electrons. The summed E-state index contributed by atoms with van der Waals surface area (Å²) in [7, 11) is 0. The molecule has 1 N–H and O–H groups in total. The van der Waals surface area contributed by atoms with Crippen molar-refractivity contribution in [3.05, 3.63) is 0 Å². The van der Waals surface area contributed by atoms with Crippen molar-refractivity contribution in [2.24, 2.45) is 0 Å². The summed E-state index contributed by atoms with van der Waals surface area (Å²) < 4.78 is 5.71. The smallest absolute Gasteiger partial charge is 0.0826 e. The van der Waals surface area contributed by atoms with Gasteiger partial charge in [-0.3, -0.25) is 4.90 Å². The third-order valence-electron chi connectivity index (χ3n) is 3.00. The Bertz CT molecular complexity index is 178. The summed E-state index contributed by atoms with van der Waals surface area (Å²) >= 11 is 5.88. The number of likely N-dealkylation sites (N-methyl/N-ethyl adjacent to an activating group) is 1. The lowest BCUT2D eigenvalue weighted by Gasteiger charge is -2.32. The lowest BCUT2D eigenvalue weighted by molar-refractivity contribution is -0.0251. The second kappa shape index (κ2) is 8.29. The summed E-state index contributed by atoms with van der Waals surface area (Å²) in [5.41, 5.74) is 0. The van der Waals surface area contributed by atoms with E-state index < -0.39 is 0 Å². The zero-order valence-corrected chi connectivity index (χ0v) is 11.3. The SMILES string of the molecule is CCN1CCOC(CNCCCC(C)Cl)C1. The van der Waals surface area contributed by atoms with Gasteiger partial charge in [-0.05, 0) is 32.9 Å². The van der Waals surface area contributed by atoms with Crippen LogP contribution in [0.5, 0.6) is 0 Å². The molecule has 0 amide bonds. The molecule has 2 atom stereocenters. The van der Waals surface area contributed by atoms with Crippen molar-refractivity contribution < 1.29 is 4.74 Å². The number of morpholine rings is 1. The van der Waals surface area contributed by atoms with Crippen molar-refractivity contribution in [2.45, 2.75) is 38.2 Å². The zero-order chi connectivity index (χ0) is 11.8. The molecular weight excluding hydrogens is 224 g/mol. The summed E-state index contributed by atoms with van der Waals surface area (Å²) in [5.74, 6) is 0. The van der Waals surface area contributed by atoms with Crippen LogP contribution in [0, 0.1) is 0 Å². The minimum atomic E-state index is 0.295. The molecule has 0 aromatic rings. The number of alkyl halides is 1. The molecule has 0 bridgehead atoms. The summed E-state index contributed by atoms with van der Waals surface area (Å²) in [6.45, 7) is 10.4. The second-order valence-corrected chi connectivity index (χ2v) is 5.26. The Labute approximate surface area is 104 Å². The average Bonchev–Trinajstić information content (AvgIpc) is 2.28. The largest absolute Gasteiger partial charge is 0.374 e. The molecular formula is C12H25ClN2O. The number of rotatable bonds is 7. The number of hydrogen-bond donors (Lipinski definition) is 1. The summed E-state index contributed by atoms with van der Waals surface area (Å²) in [4.78, 5) is 2.44. The van der Waals surface area contributed by atoms with Crippen LogP contribution in [0.15, 0.2) is 0 Å². The van der Waals surface area contributed by atoms with E-state index >= 15 is 0 Å². The molecule has 3 nitrogen and oxygen atoms in total. The Morgan fingerprint density at radius 3 is 3.06 bits per heavy atom. The Balaban J connectivity index is 1.99. The summed E-state index contributed by atoms with van der Waals surface area (Å²) in [6.07, 6.45) is 2.60. The first-order valence-electron chi connectivity index (χ1n) is 6.41. The molecule has 0 aromatic heterocycles. The fourth-order valence-electron chi connectivity index (χ4n) is 1.96. The van der Waals surface area contributed by atoms with Crippen molar-refractivity contribution in [1.82, 2.24) is 10.2 Å². The van der Waals surface area contributed by atoms with Gasteiger partial charge in [-0.2, -0.15) is 0 Å². The first-order chi connectivity index (χ1) is 7.72. The van der Waals surface area contributed by atoms with Gasteiger partial charge in [0.25, 0.3) is 0 Å². The van der Waals surface area contributed by atoms with Crippen molar-refractivity contribution in [2.75, 3.05) is 39.3 Å². The Morgan fingerprint density at radius 1 is 1.56 bits per heavy atom. The van der Waals surface area contributed by atoms with Gasteiger partial charge >= 0.3 is 0 Å². The molecule has 1 aliphatic rings. The van der Waals surface area contributed by atoms with Crippen LogP contribution in [0.3, 0.4) is 0 Å². The lowest BCUT2D eigenvalue weighted by Crippen LogP contribution is -2.46. The van der Waals surface area contributed by atoms with Crippen LogP contribution in [-0.2, 0) is 4.74 Å². The minimum Gasteiger partial charge on any atom is -0.374 e. The van der Waals surface area contributed by atoms with E-state index in [1.54, 1.807) is 0 Å². The van der Waals surface area contributed by atoms with E-state index in [9.17, 15) is 0 Å². The maximum atomic E-state index is 5.88. The normalized spacial score (nSPS) is 24.6. The molecule has 1 heterocycles. The van der Waals surface area contributed by atoms with E-state index in [1.165, 1.54) is 0 Å². The molecule has 0 radical (unpaired) electrons. The van der Waals surface area contributed by atoms with Gasteiger partial charge in [0.2, 0.25) is 0 Å². The molecule has 1 fully saturated rings. The standard InChI is InChI=1S/C12H25ClN2O/c1-3-15-7-8-16-12(10-15)9-14-6-4-5-11(2)13/h11-12,14H,3-10H2,1-2H3. The van der Waals surface area contributed by atoms with Crippen LogP contribution in [0.2, 0.25) is 0 Å². The first-order valence-corrected chi connectivity index (χ1v) is 6.84. The van der Waals surface area contributed by atoms with E-state index in [0.717, 1.165) is 52.2 Å². The lowest BCUT2D eigenvalue weighted by atomic mass is 10.2. The van der Waals surface area contributed by atoms with Gasteiger partial charge in [0.1, 0.15) is 0 Å². The quantitative estimate of drug-likeness (QED) is 0.548. The molecule has 4 heteroatoms. The predicted molar refractivity (Wildman–Crippen MR) is 69.3 cm³/mol. The van der Waals surface area contributed by atoms with E-state index in [-0.39, 0.29) is 0 Å². The fourth-order valence-corrected chi connectivity index (χ4v) is 2.12. The van der Waals surface area contributed by atoms with Gasteiger partial charge in [0, 0.05) is 25.0 Å². The van der Waals surface area contributed by atoms with Gasteiger partial charge < -0.3 is 10.1 Å². The van der Waals surface area contributed by atoms with Crippen molar-refractivity contribution in [3.8, 4) is 0 Å². The molecule has 1 aliphatic heterocycles. The third-order valence-corrected chi connectivity index (χ3v) is 3.22. The van der Waals surface area contributed by atoms with E-state index in [2.05, 4.69) is 17.1 Å². The van der Waals surface area contributed by atoms with Crippen LogP contribution >= 0.6 is 11.6 Å². The van der Waals surface area contributed by atoms with Crippen molar-refractivity contribution in [3.63, 3.8) is 0 Å². The van der Waals surface area contributed by atoms with Crippen LogP contribution in [0.1, 0.15) is 26.7 Å². The van der Waals surface area contributed by atoms with E-state index in [0.29, 0.717) is 11.5 Å². The number of nitrogens with zero attached hydrogens (tertiary/aromatic N) is 1. The van der Waals surface area contributed by atoms with Crippen LogP contribution < -0.4 is 5.32 Å². The van der Waals surface area contributed by atoms with Gasteiger partial charge in [-0.25, -0.2) is 0 Å². The Kier molecular flexibility index (Phi) is 7.37. The second-order valence-electron chi connectivity index (χ2n) is 4.51. The van der Waals surface area contributed by atoms with Gasteiger partial charge in [0.15, 0.2) is 0 Å². The van der Waals surface area contributed by atoms with Gasteiger partial charge in [0.05, 0.1) is 12.7 Å². The van der Waals surface area contributed by atoms with Crippen molar-refractivity contribution >= 4 is 11.6 Å². The highest BCUT2D eigenvalue weighted by atomic mass is 35.5. The molecule has 1 rings (SSSR count). The van der Waals surface area contributed by atoms with Crippen LogP contribution in [0.25, 0.3) is 0 Å². The molecule has 16 heavy (non-hydrogen) atoms. The maximum absolute atomic E-state index is 5.88. The number of halogens is 1. The predicted octanol–water partition coefficient (Wildman–Crippen LogP) is 1.70. The molecule has 0 aliphatic carbocycles. The number of ether oxygens (including phenoxy) is 1. The fraction of sp³-hybridized carbons (Fsp3) is 1.00. The average molecular weight is 249 g/mol. The van der Waals surface area contributed by atoms with Gasteiger partial charge in [-0.15, -0.1) is 11.6 Å². The molecule has 1 saturated heterocycles. The number of nitrogens with one attached hydrogen (secondary N) is 1. The zero-order valence-electron chi connectivity index (χ0n) is 10.5. The van der Waals surface area contributed by atoms with Crippen molar-refractivity contribution in [1.29, 1.82) is 0 Å². The molecule has 0 aromatic carbocycles. The first kappa shape index (κ1) is 14.2. The van der Waals surface area contributed by atoms with E-state index in [4.69, 9.17) is 16.3 Å². The highest BCUT2D eigenvalue weighted by Gasteiger charge is 2.18. The minimum absolute atomic E-state index is 0.295. The molecule has 0 spiro atoms. The van der Waals surface area contributed by atoms with E-state index in [1.807, 2.05) is 6.92 Å². The third kappa shape index (κ3) is 6.04. The summed E-state index contributed by atoms with van der Waals surface area (Å²) in [6, 6.07) is 0. The highest BCUT2D eigenvalue weighted by molar-refractivity contribution is 6.20.